The fourth-order valence-electron chi connectivity index (χ4n) is 4.97. The van der Waals surface area contributed by atoms with Crippen LogP contribution in [0.5, 0.6) is 11.5 Å². The Balaban J connectivity index is 1.65. The first-order valence-corrected chi connectivity index (χ1v) is 15.7. The summed E-state index contributed by atoms with van der Waals surface area (Å²) in [5.41, 5.74) is 3.07. The highest BCUT2D eigenvalue weighted by Crippen LogP contribution is 2.36. The molecule has 5 rings (SSSR count). The first-order chi connectivity index (χ1) is 21.2. The number of hydrogen-bond acceptors (Lipinski definition) is 8. The second kappa shape index (κ2) is 13.5. The van der Waals surface area contributed by atoms with Crippen molar-refractivity contribution in [3.63, 3.8) is 0 Å². The van der Waals surface area contributed by atoms with Crippen molar-refractivity contribution in [1.29, 1.82) is 5.26 Å². The van der Waals surface area contributed by atoms with Crippen LogP contribution in [0.1, 0.15) is 56.0 Å². The van der Waals surface area contributed by atoms with Gasteiger partial charge in [-0.1, -0.05) is 63.7 Å². The molecule has 0 spiro atoms. The third-order valence-corrected chi connectivity index (χ3v) is 8.35. The number of thiazole rings is 1. The minimum atomic E-state index is -0.803. The second-order valence-corrected chi connectivity index (χ2v) is 12.2. The number of nitriles is 1. The lowest BCUT2D eigenvalue weighted by Crippen LogP contribution is -2.40. The van der Waals surface area contributed by atoms with E-state index in [4.69, 9.17) is 14.2 Å². The third kappa shape index (κ3) is 6.39. The Hall–Kier alpha value is -4.46. The van der Waals surface area contributed by atoms with Gasteiger partial charge in [-0.05, 0) is 64.1 Å². The van der Waals surface area contributed by atoms with Gasteiger partial charge in [-0.2, -0.15) is 5.26 Å². The highest BCUT2D eigenvalue weighted by molar-refractivity contribution is 9.10. The van der Waals surface area contributed by atoms with Crippen molar-refractivity contribution < 1.29 is 19.0 Å². The molecule has 224 valence electrons. The topological polar surface area (TPSA) is 103 Å². The van der Waals surface area contributed by atoms with E-state index in [1.54, 1.807) is 30.6 Å². The molecular formula is C34H30BrN3O5S. The van der Waals surface area contributed by atoms with Gasteiger partial charge in [-0.25, -0.2) is 9.79 Å². The Morgan fingerprint density at radius 1 is 1.14 bits per heavy atom. The maximum atomic E-state index is 14.2. The molecule has 0 unspecified atom stereocenters. The quantitative estimate of drug-likeness (QED) is 0.209. The number of ether oxygens (including phenoxy) is 3. The maximum Gasteiger partial charge on any atom is 0.338 e. The minimum absolute atomic E-state index is 0.127. The first kappa shape index (κ1) is 31.0. The maximum absolute atomic E-state index is 14.2. The molecule has 1 aliphatic rings. The zero-order chi connectivity index (χ0) is 31.4. The number of fused-ring (bicyclic) bond motifs is 1. The highest BCUT2D eigenvalue weighted by Gasteiger charge is 2.35. The summed E-state index contributed by atoms with van der Waals surface area (Å²) in [6.07, 6.45) is 1.63. The normalized spacial score (nSPS) is 14.6. The molecule has 10 heteroatoms. The van der Waals surface area contributed by atoms with Crippen molar-refractivity contribution in [3.05, 3.63) is 124 Å². The lowest BCUT2D eigenvalue weighted by atomic mass is 9.95. The third-order valence-electron chi connectivity index (χ3n) is 6.87. The zero-order valence-corrected chi connectivity index (χ0v) is 27.1. The summed E-state index contributed by atoms with van der Waals surface area (Å²) in [5.74, 6) is 0.578. The number of halogens is 1. The molecule has 0 radical (unpaired) electrons. The highest BCUT2D eigenvalue weighted by atomic mass is 79.9. The molecule has 2 heterocycles. The molecule has 0 saturated carbocycles. The number of esters is 1. The summed E-state index contributed by atoms with van der Waals surface area (Å²) in [5, 5.41) is 9.47. The first-order valence-electron chi connectivity index (χ1n) is 14.1. The number of carbonyl (C=O) groups excluding carboxylic acids is 1. The number of aromatic nitrogens is 1. The van der Waals surface area contributed by atoms with E-state index in [1.807, 2.05) is 74.5 Å². The van der Waals surface area contributed by atoms with E-state index in [0.717, 1.165) is 10.0 Å². The lowest BCUT2D eigenvalue weighted by Gasteiger charge is -2.26. The molecule has 0 N–H and O–H groups in total. The minimum Gasteiger partial charge on any atom is -0.491 e. The lowest BCUT2D eigenvalue weighted by molar-refractivity contribution is -0.139. The SMILES string of the molecule is CCOC(=O)C1=C(C)N=c2s/c(=C\c3cc(Br)ccc3OCc3ccccc3C#N)c(=O)n2[C@@H]1c1ccccc1OC(C)C. The van der Waals surface area contributed by atoms with E-state index in [9.17, 15) is 14.9 Å². The molecule has 0 amide bonds. The average Bonchev–Trinajstić information content (AvgIpc) is 3.30. The summed E-state index contributed by atoms with van der Waals surface area (Å²) in [6.45, 7) is 7.70. The fourth-order valence-corrected chi connectivity index (χ4v) is 6.39. The van der Waals surface area contributed by atoms with E-state index < -0.39 is 12.0 Å². The molecule has 8 nitrogen and oxygen atoms in total. The van der Waals surface area contributed by atoms with Gasteiger partial charge in [-0.15, -0.1) is 0 Å². The predicted octanol–water partition coefficient (Wildman–Crippen LogP) is 5.80. The van der Waals surface area contributed by atoms with Gasteiger partial charge < -0.3 is 14.2 Å². The average molecular weight is 673 g/mol. The van der Waals surface area contributed by atoms with Crippen LogP contribution in [0.3, 0.4) is 0 Å². The van der Waals surface area contributed by atoms with Crippen LogP contribution in [0.4, 0.5) is 0 Å². The van der Waals surface area contributed by atoms with Crippen LogP contribution in [0, 0.1) is 11.3 Å². The molecule has 0 saturated heterocycles. The Morgan fingerprint density at radius 3 is 2.64 bits per heavy atom. The molecular weight excluding hydrogens is 642 g/mol. The number of allylic oxidation sites excluding steroid dienone is 1. The molecule has 1 aliphatic heterocycles. The summed E-state index contributed by atoms with van der Waals surface area (Å²) >= 11 is 4.76. The van der Waals surface area contributed by atoms with E-state index >= 15 is 0 Å². The van der Waals surface area contributed by atoms with Crippen LogP contribution in [0.15, 0.2) is 92.3 Å². The summed E-state index contributed by atoms with van der Waals surface area (Å²) in [6, 6.07) is 21.6. The molecule has 0 fully saturated rings. The van der Waals surface area contributed by atoms with Crippen molar-refractivity contribution in [2.45, 2.75) is 46.4 Å². The fraction of sp³-hybridized carbons (Fsp3) is 0.235. The van der Waals surface area contributed by atoms with E-state index in [0.29, 0.717) is 43.2 Å². The monoisotopic (exact) mass is 671 g/mol. The number of rotatable bonds is 9. The van der Waals surface area contributed by atoms with Gasteiger partial charge in [0.05, 0.1) is 40.1 Å². The Kier molecular flexibility index (Phi) is 9.47. The van der Waals surface area contributed by atoms with Crippen LogP contribution >= 0.6 is 27.3 Å². The van der Waals surface area contributed by atoms with Gasteiger partial charge in [-0.3, -0.25) is 9.36 Å². The summed E-state index contributed by atoms with van der Waals surface area (Å²) in [7, 11) is 0. The second-order valence-electron chi connectivity index (χ2n) is 10.2. The Bertz CT molecular complexity index is 1990. The molecule has 0 aliphatic carbocycles. The zero-order valence-electron chi connectivity index (χ0n) is 24.7. The molecule has 0 bridgehead atoms. The molecule has 3 aromatic carbocycles. The van der Waals surface area contributed by atoms with Gasteiger partial charge in [0, 0.05) is 21.2 Å². The van der Waals surface area contributed by atoms with Crippen molar-refractivity contribution in [2.75, 3.05) is 6.61 Å². The smallest absolute Gasteiger partial charge is 0.338 e. The number of benzene rings is 3. The van der Waals surface area contributed by atoms with Gasteiger partial charge in [0.25, 0.3) is 5.56 Å². The summed E-state index contributed by atoms with van der Waals surface area (Å²) in [4.78, 5) is 32.7. The molecule has 4 aromatic rings. The summed E-state index contributed by atoms with van der Waals surface area (Å²) < 4.78 is 20.5. The van der Waals surface area contributed by atoms with Gasteiger partial charge in [0.1, 0.15) is 24.1 Å². The van der Waals surface area contributed by atoms with Crippen molar-refractivity contribution in [3.8, 4) is 17.6 Å². The van der Waals surface area contributed by atoms with Crippen LogP contribution in [0.25, 0.3) is 6.08 Å². The Morgan fingerprint density at radius 2 is 1.89 bits per heavy atom. The largest absolute Gasteiger partial charge is 0.491 e. The van der Waals surface area contributed by atoms with Crippen molar-refractivity contribution in [2.24, 2.45) is 4.99 Å². The van der Waals surface area contributed by atoms with Crippen molar-refractivity contribution >= 4 is 39.3 Å². The number of carbonyl (C=O) groups is 1. The molecule has 44 heavy (non-hydrogen) atoms. The van der Waals surface area contributed by atoms with Crippen LogP contribution in [-0.4, -0.2) is 23.2 Å². The van der Waals surface area contributed by atoms with E-state index in [-0.39, 0.29) is 30.5 Å². The van der Waals surface area contributed by atoms with Crippen LogP contribution in [-0.2, 0) is 16.1 Å². The standard InChI is InChI=1S/C34H30BrN3O5S/c1-5-41-33(40)30-21(4)37-34-38(31(30)26-12-8-9-13-28(26)43-20(2)3)32(39)29(44-34)17-24-16-25(35)14-15-27(24)42-19-23-11-7-6-10-22(23)18-36/h6-17,20,31H,5,19H2,1-4H3/b29-17-/t31-/m1/s1. The Labute approximate surface area is 267 Å². The van der Waals surface area contributed by atoms with Gasteiger partial charge in [0.15, 0.2) is 4.80 Å². The number of para-hydroxylation sites is 1. The van der Waals surface area contributed by atoms with Crippen molar-refractivity contribution in [1.82, 2.24) is 4.57 Å². The van der Waals surface area contributed by atoms with E-state index in [2.05, 4.69) is 27.0 Å². The van der Waals surface area contributed by atoms with Gasteiger partial charge in [0.2, 0.25) is 0 Å². The predicted molar refractivity (Wildman–Crippen MR) is 172 cm³/mol. The molecule has 1 atom stereocenters. The van der Waals surface area contributed by atoms with Crippen LogP contribution < -0.4 is 24.4 Å². The van der Waals surface area contributed by atoms with Crippen LogP contribution in [0.2, 0.25) is 0 Å². The van der Waals surface area contributed by atoms with Gasteiger partial charge >= 0.3 is 5.97 Å². The number of hydrogen-bond donors (Lipinski definition) is 0. The van der Waals surface area contributed by atoms with E-state index in [1.165, 1.54) is 11.3 Å². The number of nitrogens with zero attached hydrogens (tertiary/aromatic N) is 3. The molecule has 1 aromatic heterocycles.